The predicted octanol–water partition coefficient (Wildman–Crippen LogP) is 5.36. The molecule has 1 aromatic heterocycles. The van der Waals surface area contributed by atoms with Crippen molar-refractivity contribution < 1.29 is 9.47 Å². The van der Waals surface area contributed by atoms with Crippen LogP contribution in [0.2, 0.25) is 0 Å². The number of nitrogens with one attached hydrogen (secondary N) is 1. The molecule has 1 aliphatic carbocycles. The summed E-state index contributed by atoms with van der Waals surface area (Å²) in [5.74, 6) is 2.19. The molecule has 2 aliphatic rings. The highest BCUT2D eigenvalue weighted by Gasteiger charge is 2.32. The first-order valence-electron chi connectivity index (χ1n) is 10.4. The van der Waals surface area contributed by atoms with Crippen LogP contribution in [0, 0.1) is 0 Å². The third-order valence-electron chi connectivity index (χ3n) is 5.54. The highest BCUT2D eigenvalue weighted by molar-refractivity contribution is 8.14. The highest BCUT2D eigenvalue weighted by Crippen LogP contribution is 2.46. The lowest BCUT2D eigenvalue weighted by Gasteiger charge is -2.26. The second-order valence-corrected chi connectivity index (χ2v) is 9.34. The molecule has 29 heavy (non-hydrogen) atoms. The first-order chi connectivity index (χ1) is 14.0. The number of aromatic nitrogens is 2. The Morgan fingerprint density at radius 1 is 1.21 bits per heavy atom. The van der Waals surface area contributed by atoms with Crippen LogP contribution in [0.3, 0.4) is 0 Å². The van der Waals surface area contributed by atoms with E-state index in [1.54, 1.807) is 18.9 Å². The molecule has 1 saturated carbocycles. The summed E-state index contributed by atoms with van der Waals surface area (Å²) in [5, 5.41) is 3.95. The monoisotopic (exact) mass is 415 g/mol. The molecule has 1 atom stereocenters. The van der Waals surface area contributed by atoms with Gasteiger partial charge < -0.3 is 9.47 Å². The minimum absolute atomic E-state index is 0.0350. The number of nitrogens with zero attached hydrogens (tertiary/aromatic N) is 2. The van der Waals surface area contributed by atoms with Crippen molar-refractivity contribution in [1.82, 2.24) is 9.78 Å². The molecule has 1 fully saturated rings. The van der Waals surface area contributed by atoms with Gasteiger partial charge in [0.05, 0.1) is 35.1 Å². The summed E-state index contributed by atoms with van der Waals surface area (Å²) in [6.45, 7) is 6.00. The minimum Gasteiger partial charge on any atom is -0.493 e. The summed E-state index contributed by atoms with van der Waals surface area (Å²) < 4.78 is 13.4. The Kier molecular flexibility index (Phi) is 5.76. The van der Waals surface area contributed by atoms with Crippen LogP contribution in [0.25, 0.3) is 0 Å². The van der Waals surface area contributed by atoms with Gasteiger partial charge in [0.2, 0.25) is 0 Å². The zero-order valence-corrected chi connectivity index (χ0v) is 18.3. The van der Waals surface area contributed by atoms with Crippen LogP contribution >= 0.6 is 11.8 Å². The van der Waals surface area contributed by atoms with Gasteiger partial charge in [-0.05, 0) is 51.3 Å². The van der Waals surface area contributed by atoms with E-state index in [1.165, 1.54) is 19.3 Å². The SMILES string of the molecule is COc1ccc([C@H]2SC(C)=Nc3c2c(=O)[nH]n3C2CCCCC2)cc1OC(C)C. The number of rotatable bonds is 5. The van der Waals surface area contributed by atoms with Crippen molar-refractivity contribution in [3.05, 3.63) is 39.7 Å². The van der Waals surface area contributed by atoms with Gasteiger partial charge in [0.15, 0.2) is 17.3 Å². The fraction of sp³-hybridized carbons (Fsp3) is 0.545. The quantitative estimate of drug-likeness (QED) is 0.713. The van der Waals surface area contributed by atoms with Crippen molar-refractivity contribution in [3.63, 3.8) is 0 Å². The number of methoxy groups -OCH3 is 1. The molecule has 0 bridgehead atoms. The summed E-state index contributed by atoms with van der Waals surface area (Å²) in [6.07, 6.45) is 5.91. The van der Waals surface area contributed by atoms with Gasteiger partial charge in [-0.2, -0.15) is 0 Å². The number of thioether (sulfide) groups is 1. The molecule has 156 valence electrons. The number of aromatic amines is 1. The van der Waals surface area contributed by atoms with E-state index in [4.69, 9.17) is 14.5 Å². The molecule has 6 nitrogen and oxygen atoms in total. The van der Waals surface area contributed by atoms with Crippen molar-refractivity contribution in [2.24, 2.45) is 4.99 Å². The van der Waals surface area contributed by atoms with E-state index < -0.39 is 0 Å². The standard InChI is InChI=1S/C22H29N3O3S/c1-13(2)28-18-12-15(10-11-17(18)27-4)20-19-21(23-14(3)29-20)25(24-22(19)26)16-8-6-5-7-9-16/h10-13,16,20H,5-9H2,1-4H3,(H,24,26)/t20-/m1/s1. The lowest BCUT2D eigenvalue weighted by molar-refractivity contribution is 0.230. The number of H-pyrrole nitrogens is 1. The molecule has 0 radical (unpaired) electrons. The van der Waals surface area contributed by atoms with Gasteiger partial charge in [0.1, 0.15) is 0 Å². The Hall–Kier alpha value is -2.15. The van der Waals surface area contributed by atoms with Gasteiger partial charge in [-0.1, -0.05) is 37.1 Å². The maximum Gasteiger partial charge on any atom is 0.271 e. The van der Waals surface area contributed by atoms with Crippen LogP contribution in [0.1, 0.15) is 75.3 Å². The third-order valence-corrected chi connectivity index (χ3v) is 6.72. The van der Waals surface area contributed by atoms with E-state index in [-0.39, 0.29) is 16.9 Å². The molecule has 0 spiro atoms. The van der Waals surface area contributed by atoms with E-state index in [9.17, 15) is 4.79 Å². The van der Waals surface area contributed by atoms with Gasteiger partial charge in [0.25, 0.3) is 5.56 Å². The lowest BCUT2D eigenvalue weighted by Crippen LogP contribution is -2.16. The zero-order valence-electron chi connectivity index (χ0n) is 17.5. The molecule has 1 N–H and O–H groups in total. The molecule has 0 saturated heterocycles. The average Bonchev–Trinajstić information content (AvgIpc) is 3.04. The number of aliphatic imine (C=N–C) groups is 1. The van der Waals surface area contributed by atoms with Crippen molar-refractivity contribution in [2.45, 2.75) is 70.3 Å². The Balaban J connectivity index is 1.77. The van der Waals surface area contributed by atoms with E-state index in [0.717, 1.165) is 34.8 Å². The van der Waals surface area contributed by atoms with Crippen molar-refractivity contribution >= 4 is 22.6 Å². The van der Waals surface area contributed by atoms with E-state index >= 15 is 0 Å². The average molecular weight is 416 g/mol. The van der Waals surface area contributed by atoms with Crippen LogP contribution in [0.4, 0.5) is 5.82 Å². The van der Waals surface area contributed by atoms with E-state index in [1.807, 2.05) is 43.7 Å². The van der Waals surface area contributed by atoms with Crippen LogP contribution in [-0.2, 0) is 0 Å². The van der Waals surface area contributed by atoms with E-state index in [2.05, 4.69) is 5.10 Å². The molecule has 1 aromatic carbocycles. The zero-order chi connectivity index (χ0) is 20.5. The van der Waals surface area contributed by atoms with Gasteiger partial charge in [0, 0.05) is 0 Å². The largest absolute Gasteiger partial charge is 0.493 e. The molecule has 4 rings (SSSR count). The molecule has 1 aliphatic heterocycles. The minimum atomic E-state index is -0.114. The molecule has 0 unspecified atom stereocenters. The fourth-order valence-corrected chi connectivity index (χ4v) is 5.34. The maximum atomic E-state index is 13.0. The number of hydrogen-bond donors (Lipinski definition) is 1. The predicted molar refractivity (Wildman–Crippen MR) is 118 cm³/mol. The van der Waals surface area contributed by atoms with Crippen molar-refractivity contribution in [3.8, 4) is 11.5 Å². The molecule has 2 aromatic rings. The normalized spacial score (nSPS) is 19.8. The Labute approximate surface area is 175 Å². The van der Waals surface area contributed by atoms with Gasteiger partial charge in [-0.25, -0.2) is 4.99 Å². The van der Waals surface area contributed by atoms with Gasteiger partial charge in [-0.15, -0.1) is 0 Å². The smallest absolute Gasteiger partial charge is 0.271 e. The lowest BCUT2D eigenvalue weighted by atomic mass is 9.95. The Morgan fingerprint density at radius 3 is 2.66 bits per heavy atom. The third kappa shape index (κ3) is 3.97. The molecule has 0 amide bonds. The molecule has 2 heterocycles. The first-order valence-corrected chi connectivity index (χ1v) is 11.3. The maximum absolute atomic E-state index is 13.0. The Bertz CT molecular complexity index is 970. The van der Waals surface area contributed by atoms with Crippen molar-refractivity contribution in [2.75, 3.05) is 7.11 Å². The first kappa shape index (κ1) is 20.1. The van der Waals surface area contributed by atoms with Gasteiger partial charge >= 0.3 is 0 Å². The summed E-state index contributed by atoms with van der Waals surface area (Å²) in [6, 6.07) is 6.26. The summed E-state index contributed by atoms with van der Waals surface area (Å²) in [4.78, 5) is 17.8. The molecule has 7 heteroatoms. The van der Waals surface area contributed by atoms with Crippen LogP contribution < -0.4 is 15.0 Å². The molecular formula is C22H29N3O3S. The Morgan fingerprint density at radius 2 is 1.97 bits per heavy atom. The number of fused-ring (bicyclic) bond motifs is 1. The summed E-state index contributed by atoms with van der Waals surface area (Å²) in [5.41, 5.74) is 1.72. The van der Waals surface area contributed by atoms with Gasteiger partial charge in [-0.3, -0.25) is 14.6 Å². The number of benzene rings is 1. The summed E-state index contributed by atoms with van der Waals surface area (Å²) in [7, 11) is 1.64. The van der Waals surface area contributed by atoms with Crippen molar-refractivity contribution in [1.29, 1.82) is 0 Å². The summed E-state index contributed by atoms with van der Waals surface area (Å²) >= 11 is 1.62. The topological polar surface area (TPSA) is 68.6 Å². The molecular weight excluding hydrogens is 386 g/mol. The highest BCUT2D eigenvalue weighted by atomic mass is 32.2. The number of hydrogen-bond acceptors (Lipinski definition) is 5. The number of ether oxygens (including phenoxy) is 2. The second-order valence-electron chi connectivity index (χ2n) is 8.05. The van der Waals surface area contributed by atoms with Crippen LogP contribution in [0.5, 0.6) is 11.5 Å². The van der Waals surface area contributed by atoms with Crippen LogP contribution in [0.15, 0.2) is 28.0 Å². The van der Waals surface area contributed by atoms with E-state index in [0.29, 0.717) is 17.5 Å². The van der Waals surface area contributed by atoms with Crippen LogP contribution in [-0.4, -0.2) is 28.0 Å². The second kappa shape index (κ2) is 8.30. The fourth-order valence-electron chi connectivity index (χ4n) is 4.25.